The molecule has 1 atom stereocenters. The number of benzene rings is 1. The Bertz CT molecular complexity index is 764. The molecule has 8 heteroatoms. The number of amides is 3. The van der Waals surface area contributed by atoms with Gasteiger partial charge in [-0.05, 0) is 31.4 Å². The first kappa shape index (κ1) is 19.3. The number of likely N-dealkylation sites (tertiary alicyclic amines) is 1. The molecule has 2 N–H and O–H groups in total. The van der Waals surface area contributed by atoms with Crippen molar-refractivity contribution >= 4 is 34.1 Å². The van der Waals surface area contributed by atoms with E-state index in [0.29, 0.717) is 18.2 Å². The zero-order valence-corrected chi connectivity index (χ0v) is 16.3. The molecule has 0 aliphatic carbocycles. The SMILES string of the molecule is CCCCc1nnc(NC(=O)C2CCCN(C(=O)Nc3ccccc3)C2)s1. The minimum atomic E-state index is -0.233. The van der Waals surface area contributed by atoms with Crippen molar-refractivity contribution in [1.29, 1.82) is 0 Å². The quantitative estimate of drug-likeness (QED) is 0.790. The third-order valence-corrected chi connectivity index (χ3v) is 5.44. The van der Waals surface area contributed by atoms with Gasteiger partial charge in [0.15, 0.2) is 0 Å². The summed E-state index contributed by atoms with van der Waals surface area (Å²) >= 11 is 1.43. The monoisotopic (exact) mass is 387 g/mol. The zero-order valence-electron chi connectivity index (χ0n) is 15.5. The zero-order chi connectivity index (χ0) is 19.1. The molecule has 2 aromatic rings. The molecule has 0 radical (unpaired) electrons. The maximum Gasteiger partial charge on any atom is 0.321 e. The van der Waals surface area contributed by atoms with Crippen LogP contribution in [0.5, 0.6) is 0 Å². The van der Waals surface area contributed by atoms with Crippen molar-refractivity contribution in [1.82, 2.24) is 15.1 Å². The number of carbonyl (C=O) groups is 2. The van der Waals surface area contributed by atoms with Crippen LogP contribution < -0.4 is 10.6 Å². The highest BCUT2D eigenvalue weighted by Crippen LogP contribution is 2.22. The van der Waals surface area contributed by atoms with Crippen LogP contribution >= 0.6 is 11.3 Å². The van der Waals surface area contributed by atoms with Gasteiger partial charge < -0.3 is 15.5 Å². The van der Waals surface area contributed by atoms with E-state index >= 15 is 0 Å². The van der Waals surface area contributed by atoms with Crippen LogP contribution in [0.1, 0.15) is 37.6 Å². The van der Waals surface area contributed by atoms with Crippen molar-refractivity contribution in [3.63, 3.8) is 0 Å². The molecule has 1 aromatic carbocycles. The fraction of sp³-hybridized carbons (Fsp3) is 0.474. The van der Waals surface area contributed by atoms with Gasteiger partial charge in [-0.2, -0.15) is 0 Å². The molecule has 0 bridgehead atoms. The van der Waals surface area contributed by atoms with Gasteiger partial charge in [-0.1, -0.05) is 42.9 Å². The van der Waals surface area contributed by atoms with Gasteiger partial charge in [0.1, 0.15) is 5.01 Å². The third-order valence-electron chi connectivity index (χ3n) is 4.55. The topological polar surface area (TPSA) is 87.2 Å². The van der Waals surface area contributed by atoms with E-state index in [4.69, 9.17) is 0 Å². The number of hydrogen-bond acceptors (Lipinski definition) is 5. The van der Waals surface area contributed by atoms with Gasteiger partial charge in [-0.15, -0.1) is 10.2 Å². The van der Waals surface area contributed by atoms with Crippen molar-refractivity contribution in [3.8, 4) is 0 Å². The molecule has 1 saturated heterocycles. The maximum absolute atomic E-state index is 12.6. The number of aromatic nitrogens is 2. The Hall–Kier alpha value is -2.48. The van der Waals surface area contributed by atoms with Gasteiger partial charge in [-0.3, -0.25) is 4.79 Å². The highest BCUT2D eigenvalue weighted by molar-refractivity contribution is 7.15. The Labute approximate surface area is 163 Å². The predicted molar refractivity (Wildman–Crippen MR) is 107 cm³/mol. The van der Waals surface area contributed by atoms with E-state index < -0.39 is 0 Å². The molecule has 2 heterocycles. The van der Waals surface area contributed by atoms with Crippen molar-refractivity contribution in [3.05, 3.63) is 35.3 Å². The molecule has 1 aliphatic rings. The number of urea groups is 1. The van der Waals surface area contributed by atoms with Crippen LogP contribution in [0.3, 0.4) is 0 Å². The Balaban J connectivity index is 1.53. The molecule has 1 unspecified atom stereocenters. The molecule has 144 valence electrons. The summed E-state index contributed by atoms with van der Waals surface area (Å²) in [7, 11) is 0. The molecule has 1 fully saturated rings. The number of carbonyl (C=O) groups excluding carboxylic acids is 2. The number of aryl methyl sites for hydroxylation is 1. The average molecular weight is 388 g/mol. The molecular weight excluding hydrogens is 362 g/mol. The first-order chi connectivity index (χ1) is 13.2. The summed E-state index contributed by atoms with van der Waals surface area (Å²) in [4.78, 5) is 26.7. The molecule has 7 nitrogen and oxygen atoms in total. The lowest BCUT2D eigenvalue weighted by molar-refractivity contribution is -0.121. The lowest BCUT2D eigenvalue weighted by Gasteiger charge is -2.31. The van der Waals surface area contributed by atoms with Crippen LogP contribution in [-0.4, -0.2) is 40.1 Å². The normalized spacial score (nSPS) is 16.8. The molecule has 0 spiro atoms. The summed E-state index contributed by atoms with van der Waals surface area (Å²) in [5.41, 5.74) is 0.752. The van der Waals surface area contributed by atoms with Crippen LogP contribution in [-0.2, 0) is 11.2 Å². The first-order valence-corrected chi connectivity index (χ1v) is 10.2. The number of nitrogens with one attached hydrogen (secondary N) is 2. The number of hydrogen-bond donors (Lipinski definition) is 2. The van der Waals surface area contributed by atoms with Crippen molar-refractivity contribution in [2.75, 3.05) is 23.7 Å². The number of para-hydroxylation sites is 1. The fourth-order valence-corrected chi connectivity index (χ4v) is 3.82. The molecule has 27 heavy (non-hydrogen) atoms. The van der Waals surface area contributed by atoms with Crippen LogP contribution in [0.2, 0.25) is 0 Å². The molecular formula is C19H25N5O2S. The summed E-state index contributed by atoms with van der Waals surface area (Å²) in [5.74, 6) is -0.325. The summed E-state index contributed by atoms with van der Waals surface area (Å²) in [6.07, 6.45) is 4.63. The van der Waals surface area contributed by atoms with Gasteiger partial charge in [0.2, 0.25) is 11.0 Å². The summed E-state index contributed by atoms with van der Waals surface area (Å²) in [6, 6.07) is 9.17. The maximum atomic E-state index is 12.6. The Morgan fingerprint density at radius 1 is 1.22 bits per heavy atom. The lowest BCUT2D eigenvalue weighted by atomic mass is 9.97. The lowest BCUT2D eigenvalue weighted by Crippen LogP contribution is -2.45. The van der Waals surface area contributed by atoms with Gasteiger partial charge in [0, 0.05) is 25.2 Å². The molecule has 0 saturated carbocycles. The van der Waals surface area contributed by atoms with E-state index in [1.54, 1.807) is 4.90 Å². The average Bonchev–Trinajstić information content (AvgIpc) is 3.14. The second kappa shape index (κ2) is 9.45. The molecule has 3 amide bonds. The smallest absolute Gasteiger partial charge is 0.321 e. The number of piperidine rings is 1. The summed E-state index contributed by atoms with van der Waals surface area (Å²) < 4.78 is 0. The van der Waals surface area contributed by atoms with Gasteiger partial charge in [0.25, 0.3) is 0 Å². The highest BCUT2D eigenvalue weighted by Gasteiger charge is 2.29. The van der Waals surface area contributed by atoms with Crippen LogP contribution in [0.15, 0.2) is 30.3 Å². The first-order valence-electron chi connectivity index (χ1n) is 9.40. The summed E-state index contributed by atoms with van der Waals surface area (Å²) in [5, 5.41) is 15.4. The van der Waals surface area contributed by atoms with Crippen molar-refractivity contribution in [2.24, 2.45) is 5.92 Å². The van der Waals surface area contributed by atoms with E-state index in [1.165, 1.54) is 11.3 Å². The largest absolute Gasteiger partial charge is 0.324 e. The third kappa shape index (κ3) is 5.50. The minimum Gasteiger partial charge on any atom is -0.324 e. The second-order valence-corrected chi connectivity index (χ2v) is 7.74. The highest BCUT2D eigenvalue weighted by atomic mass is 32.1. The molecule has 1 aliphatic heterocycles. The van der Waals surface area contributed by atoms with E-state index in [1.807, 2.05) is 30.3 Å². The second-order valence-electron chi connectivity index (χ2n) is 6.68. The van der Waals surface area contributed by atoms with Crippen LogP contribution in [0, 0.1) is 5.92 Å². The van der Waals surface area contributed by atoms with Crippen molar-refractivity contribution in [2.45, 2.75) is 39.0 Å². The summed E-state index contributed by atoms with van der Waals surface area (Å²) in [6.45, 7) is 3.20. The minimum absolute atomic E-state index is 0.0922. The van der Waals surface area contributed by atoms with E-state index in [0.717, 1.165) is 42.8 Å². The van der Waals surface area contributed by atoms with Gasteiger partial charge in [0.05, 0.1) is 5.92 Å². The molecule has 1 aromatic heterocycles. The van der Waals surface area contributed by atoms with Crippen LogP contribution in [0.25, 0.3) is 0 Å². The van der Waals surface area contributed by atoms with Gasteiger partial charge >= 0.3 is 6.03 Å². The predicted octanol–water partition coefficient (Wildman–Crippen LogP) is 3.76. The standard InChI is InChI=1S/C19H25N5O2S/c1-2-3-11-16-22-23-18(27-16)21-17(25)14-8-7-12-24(13-14)19(26)20-15-9-5-4-6-10-15/h4-6,9-10,14H,2-3,7-8,11-13H2,1H3,(H,20,26)(H,21,23,25). The van der Waals surface area contributed by atoms with E-state index in [-0.39, 0.29) is 17.9 Å². The van der Waals surface area contributed by atoms with E-state index in [9.17, 15) is 9.59 Å². The van der Waals surface area contributed by atoms with Crippen molar-refractivity contribution < 1.29 is 9.59 Å². The number of unbranched alkanes of at least 4 members (excludes halogenated alkanes) is 1. The van der Waals surface area contributed by atoms with Gasteiger partial charge in [-0.25, -0.2) is 4.79 Å². The number of anilines is 2. The van der Waals surface area contributed by atoms with E-state index in [2.05, 4.69) is 27.8 Å². The Morgan fingerprint density at radius 3 is 2.81 bits per heavy atom. The van der Waals surface area contributed by atoms with Crippen LogP contribution in [0.4, 0.5) is 15.6 Å². The Morgan fingerprint density at radius 2 is 2.04 bits per heavy atom. The molecule has 3 rings (SSSR count). The fourth-order valence-electron chi connectivity index (χ4n) is 3.04. The number of rotatable bonds is 6. The number of nitrogens with zero attached hydrogens (tertiary/aromatic N) is 3. The Kier molecular flexibility index (Phi) is 6.75.